The van der Waals surface area contributed by atoms with Gasteiger partial charge >= 0.3 is 0 Å². The molecular weight excluding hydrogens is 285 g/mol. The van der Waals surface area contributed by atoms with Gasteiger partial charge < -0.3 is 0 Å². The molecule has 0 nitrogen and oxygen atoms in total. The average Bonchev–Trinajstić information content (AvgIpc) is 2.32. The zero-order valence-electron chi connectivity index (χ0n) is 13.9. The molecule has 110 valence electrons. The summed E-state index contributed by atoms with van der Waals surface area (Å²) in [4.78, 5) is 0. The highest BCUT2D eigenvalue weighted by Crippen LogP contribution is 2.56. The summed E-state index contributed by atoms with van der Waals surface area (Å²) in [6.45, 7) is 14.1. The molecule has 0 N–H and O–H groups in total. The van der Waals surface area contributed by atoms with Crippen molar-refractivity contribution in [3.05, 3.63) is 0 Å². The highest BCUT2D eigenvalue weighted by Gasteiger charge is 2.46. The third kappa shape index (κ3) is 6.67. The van der Waals surface area contributed by atoms with E-state index in [1.54, 1.807) is 0 Å². The first-order valence-corrected chi connectivity index (χ1v) is 12.7. The topological polar surface area (TPSA) is 0 Å². The minimum Gasteiger partial charge on any atom is -0.0626 e. The lowest BCUT2D eigenvalue weighted by atomic mass is 10.00. The normalized spacial score (nSPS) is 16.3. The van der Waals surface area contributed by atoms with E-state index in [1.807, 2.05) is 0 Å². The van der Waals surface area contributed by atoms with Gasteiger partial charge in [-0.3, -0.25) is 0 Å². The molecule has 0 amide bonds. The quantitative estimate of drug-likeness (QED) is 0.463. The van der Waals surface area contributed by atoms with E-state index in [-0.39, 0.29) is 22.6 Å². The summed E-state index contributed by atoms with van der Waals surface area (Å²) in [5.74, 6) is 0.757. The van der Waals surface area contributed by atoms with Crippen molar-refractivity contribution >= 4 is 41.5 Å². The van der Waals surface area contributed by atoms with Gasteiger partial charge in [0.05, 0.1) is 26.4 Å². The van der Waals surface area contributed by atoms with Crippen LogP contribution in [0, 0.1) is 5.92 Å². The van der Waals surface area contributed by atoms with Gasteiger partial charge in [0.2, 0.25) is 0 Å². The van der Waals surface area contributed by atoms with Gasteiger partial charge in [0.15, 0.2) is 6.16 Å². The smallest absolute Gasteiger partial charge is 0.0626 e. The van der Waals surface area contributed by atoms with Crippen LogP contribution in [0.25, 0.3) is 0 Å². The lowest BCUT2D eigenvalue weighted by Gasteiger charge is -2.21. The van der Waals surface area contributed by atoms with Gasteiger partial charge in [0.1, 0.15) is 32.6 Å². The lowest BCUT2D eigenvalue weighted by Crippen LogP contribution is -2.22. The van der Waals surface area contributed by atoms with Crippen molar-refractivity contribution in [2.45, 2.75) is 58.5 Å². The van der Waals surface area contributed by atoms with Crippen LogP contribution < -0.4 is 0 Å². The Labute approximate surface area is 124 Å². The predicted octanol–water partition coefficient (Wildman–Crippen LogP) is 5.92. The van der Waals surface area contributed by atoms with E-state index in [0.717, 1.165) is 11.3 Å². The van der Waals surface area contributed by atoms with Crippen molar-refractivity contribution < 1.29 is 0 Å². The summed E-state index contributed by atoms with van der Waals surface area (Å²) < 4.78 is 0. The van der Waals surface area contributed by atoms with Crippen LogP contribution in [-0.2, 0) is 0 Å². The van der Waals surface area contributed by atoms with Crippen molar-refractivity contribution in [2.75, 3.05) is 18.5 Å². The minimum atomic E-state index is -0.211. The molecule has 0 radical (unpaired) electrons. The summed E-state index contributed by atoms with van der Waals surface area (Å²) in [6, 6.07) is 0. The van der Waals surface area contributed by atoms with E-state index >= 15 is 0 Å². The summed E-state index contributed by atoms with van der Waals surface area (Å²) >= 11 is 0. The lowest BCUT2D eigenvalue weighted by molar-refractivity contribution is 0.498. The molecule has 4 unspecified atom stereocenters. The van der Waals surface area contributed by atoms with Crippen LogP contribution in [0.5, 0.6) is 0 Å². The van der Waals surface area contributed by atoms with Gasteiger partial charge in [-0.1, -0.05) is 13.8 Å². The van der Waals surface area contributed by atoms with Crippen LogP contribution in [0.1, 0.15) is 48.0 Å². The van der Waals surface area contributed by atoms with Crippen LogP contribution in [0.3, 0.4) is 0 Å². The monoisotopic (exact) mass is 319 g/mol. The van der Waals surface area contributed by atoms with E-state index in [9.17, 15) is 0 Å². The zero-order chi connectivity index (χ0) is 15.2. The van der Waals surface area contributed by atoms with Crippen LogP contribution >= 0.6 is 22.6 Å². The Balaban J connectivity index is 5.09. The summed E-state index contributed by atoms with van der Waals surface area (Å²) in [6.07, 6.45) is 18.6. The van der Waals surface area contributed by atoms with Gasteiger partial charge in [-0.05, 0) is 40.0 Å². The highest BCUT2D eigenvalue weighted by molar-refractivity contribution is 7.75. The van der Waals surface area contributed by atoms with E-state index in [1.165, 1.54) is 24.9 Å². The van der Waals surface area contributed by atoms with Crippen molar-refractivity contribution in [2.24, 2.45) is 5.92 Å². The van der Waals surface area contributed by atoms with Crippen LogP contribution in [0.4, 0.5) is 0 Å². The Morgan fingerprint density at radius 1 is 1.00 bits per heavy atom. The number of hydrogen-bond acceptors (Lipinski definition) is 0. The molecule has 0 saturated heterocycles. The van der Waals surface area contributed by atoms with Crippen molar-refractivity contribution in [3.63, 3.8) is 0 Å². The number of hydrogen-bond donors (Lipinski definition) is 0. The highest BCUT2D eigenvalue weighted by atomic mass is 31.2. The molecule has 0 rings (SSSR count). The maximum atomic E-state index is 4.64. The third-order valence-electron chi connectivity index (χ3n) is 3.74. The van der Waals surface area contributed by atoms with Crippen molar-refractivity contribution in [1.82, 2.24) is 0 Å². The molecule has 0 fully saturated rings. The molecule has 0 aromatic carbocycles. The SMILES string of the molecule is C=[P+](CC)CC([P+](=C)CC)[P+](=C)C(C)(C)CC(C)C. The fraction of sp³-hybridized carbons (Fsp3) is 0.812. The predicted molar refractivity (Wildman–Crippen MR) is 105 cm³/mol. The standard InChI is InChI=1S/C16H34P3/c1-10-17(7)13-15(18(8)11-2)19(9)16(5,6)12-14(3)4/h14-15H,7-13H2,1-6H3/q+3. The average molecular weight is 319 g/mol. The largest absolute Gasteiger partial charge is 0.300 e. The van der Waals surface area contributed by atoms with E-state index in [2.05, 4.69) is 60.4 Å². The van der Waals surface area contributed by atoms with Crippen LogP contribution in [0.2, 0.25) is 0 Å². The molecule has 0 heterocycles. The van der Waals surface area contributed by atoms with Gasteiger partial charge in [0.25, 0.3) is 5.40 Å². The second-order valence-electron chi connectivity index (χ2n) is 6.44. The Kier molecular flexibility index (Phi) is 8.95. The van der Waals surface area contributed by atoms with Crippen molar-refractivity contribution in [1.29, 1.82) is 0 Å². The molecule has 0 aliphatic heterocycles. The van der Waals surface area contributed by atoms with Crippen LogP contribution in [-0.4, -0.2) is 47.9 Å². The number of rotatable bonds is 9. The Morgan fingerprint density at radius 3 is 1.89 bits per heavy atom. The molecule has 0 aromatic rings. The summed E-state index contributed by atoms with van der Waals surface area (Å²) in [5, 5.41) is 1.14. The second-order valence-corrected chi connectivity index (χ2v) is 14.4. The molecule has 0 bridgehead atoms. The van der Waals surface area contributed by atoms with E-state index in [4.69, 9.17) is 0 Å². The fourth-order valence-corrected chi connectivity index (χ4v) is 11.2. The second kappa shape index (κ2) is 8.72. The van der Waals surface area contributed by atoms with Gasteiger partial charge in [-0.15, -0.1) is 0 Å². The van der Waals surface area contributed by atoms with Crippen LogP contribution in [0.15, 0.2) is 0 Å². The molecule has 0 aliphatic rings. The zero-order valence-corrected chi connectivity index (χ0v) is 16.6. The molecule has 19 heavy (non-hydrogen) atoms. The van der Waals surface area contributed by atoms with E-state index in [0.29, 0.717) is 5.16 Å². The minimum absolute atomic E-state index is 0.0534. The first kappa shape index (κ1) is 19.5. The fourth-order valence-electron chi connectivity index (χ4n) is 2.50. The molecule has 0 spiro atoms. The third-order valence-corrected chi connectivity index (χ3v) is 12.4. The van der Waals surface area contributed by atoms with Gasteiger partial charge in [-0.25, -0.2) is 0 Å². The summed E-state index contributed by atoms with van der Waals surface area (Å²) in [7, 11) is -0.380. The molecule has 0 saturated carbocycles. The van der Waals surface area contributed by atoms with Gasteiger partial charge in [0, 0.05) is 0 Å². The molecule has 3 heteroatoms. The summed E-state index contributed by atoms with van der Waals surface area (Å²) in [5.41, 5.74) is 0. The van der Waals surface area contributed by atoms with E-state index < -0.39 is 0 Å². The molecule has 0 aromatic heterocycles. The first-order valence-electron chi connectivity index (χ1n) is 7.38. The maximum absolute atomic E-state index is 4.64. The molecule has 4 atom stereocenters. The Bertz CT molecular complexity index is 340. The molecular formula is C16H34P3+3. The molecule has 0 aliphatic carbocycles. The first-order chi connectivity index (χ1) is 8.65. The van der Waals surface area contributed by atoms with Gasteiger partial charge in [-0.2, -0.15) is 0 Å². The Hall–Kier alpha value is 0.510. The Morgan fingerprint density at radius 2 is 1.53 bits per heavy atom. The maximum Gasteiger partial charge on any atom is 0.300 e. The van der Waals surface area contributed by atoms with Crippen molar-refractivity contribution in [3.8, 4) is 0 Å².